The molecule has 4 rings (SSSR count). The number of rotatable bonds is 8. The van der Waals surface area contributed by atoms with E-state index >= 15 is 0 Å². The molecule has 35 heavy (non-hydrogen) atoms. The number of nitrogens with one attached hydrogen (secondary N) is 1. The number of amides is 1. The average molecular weight is 486 g/mol. The van der Waals surface area contributed by atoms with E-state index in [-0.39, 0.29) is 18.4 Å². The van der Waals surface area contributed by atoms with E-state index in [2.05, 4.69) is 10.3 Å². The van der Waals surface area contributed by atoms with Gasteiger partial charge in [-0.1, -0.05) is 30.3 Å². The molecule has 2 aromatic carbocycles. The Morgan fingerprint density at radius 1 is 1.11 bits per heavy atom. The van der Waals surface area contributed by atoms with Gasteiger partial charge in [0.1, 0.15) is 18.1 Å². The van der Waals surface area contributed by atoms with Gasteiger partial charge < -0.3 is 19.5 Å². The highest BCUT2D eigenvalue weighted by Crippen LogP contribution is 2.39. The van der Waals surface area contributed by atoms with Crippen molar-refractivity contribution in [1.82, 2.24) is 10.3 Å². The zero-order valence-corrected chi connectivity index (χ0v) is 18.9. The van der Waals surface area contributed by atoms with Crippen LogP contribution in [0, 0.1) is 0 Å². The molecule has 1 aliphatic rings. The molecule has 2 heterocycles. The first-order chi connectivity index (χ1) is 16.9. The highest BCUT2D eigenvalue weighted by molar-refractivity contribution is 5.67. The molecule has 0 fully saturated rings. The van der Waals surface area contributed by atoms with Crippen molar-refractivity contribution < 1.29 is 32.2 Å². The first-order valence-electron chi connectivity index (χ1n) is 11.3. The molecule has 1 N–H and O–H groups in total. The number of aromatic nitrogens is 1. The van der Waals surface area contributed by atoms with Crippen LogP contribution in [0.4, 0.5) is 18.0 Å². The number of pyridine rings is 1. The van der Waals surface area contributed by atoms with Crippen LogP contribution >= 0.6 is 0 Å². The topological polar surface area (TPSA) is 69.7 Å². The maximum Gasteiger partial charge on any atom is 0.417 e. The Bertz CT molecular complexity index is 1120. The molecule has 1 unspecified atom stereocenters. The normalized spacial score (nSPS) is 15.0. The Kier molecular flexibility index (Phi) is 7.74. The van der Waals surface area contributed by atoms with Gasteiger partial charge in [-0.3, -0.25) is 0 Å². The lowest BCUT2D eigenvalue weighted by atomic mass is 9.89. The number of hydrogen-bond donors (Lipinski definition) is 1. The number of halogens is 3. The van der Waals surface area contributed by atoms with Crippen LogP contribution in [0.15, 0.2) is 66.9 Å². The van der Waals surface area contributed by atoms with Crippen LogP contribution < -0.4 is 14.8 Å². The van der Waals surface area contributed by atoms with E-state index in [4.69, 9.17) is 14.2 Å². The van der Waals surface area contributed by atoms with Crippen LogP contribution in [0.25, 0.3) is 0 Å². The molecule has 0 aliphatic carbocycles. The van der Waals surface area contributed by atoms with Crippen LogP contribution in [-0.4, -0.2) is 24.2 Å². The molecule has 1 amide bonds. The number of carbonyl (C=O) groups is 1. The number of alkyl halides is 3. The number of benzene rings is 2. The van der Waals surface area contributed by atoms with Gasteiger partial charge in [0.15, 0.2) is 0 Å². The second-order valence-corrected chi connectivity index (χ2v) is 8.15. The standard InChI is InChI=1S/C26H25F3N2O4/c27-26(28,29)20-8-11-24(31-16-20)35-21-9-10-23-22(15-21)19(12-14-33-23)7-4-13-30-25(32)34-17-18-5-2-1-3-6-18/h1-3,5-6,8-11,15-16,19H,4,7,12-14,17H2,(H,30,32). The summed E-state index contributed by atoms with van der Waals surface area (Å²) in [7, 11) is 0. The number of hydrogen-bond acceptors (Lipinski definition) is 5. The minimum absolute atomic E-state index is 0.0736. The van der Waals surface area contributed by atoms with Crippen LogP contribution in [0.1, 0.15) is 41.9 Å². The Balaban J connectivity index is 1.28. The monoisotopic (exact) mass is 486 g/mol. The van der Waals surface area contributed by atoms with Crippen LogP contribution in [-0.2, 0) is 17.5 Å². The molecule has 3 aromatic rings. The second-order valence-electron chi connectivity index (χ2n) is 8.15. The van der Waals surface area contributed by atoms with E-state index in [9.17, 15) is 18.0 Å². The number of ether oxygens (including phenoxy) is 3. The fourth-order valence-corrected chi connectivity index (χ4v) is 3.85. The molecule has 184 valence electrons. The molecule has 1 aromatic heterocycles. The van der Waals surface area contributed by atoms with E-state index < -0.39 is 17.8 Å². The summed E-state index contributed by atoms with van der Waals surface area (Å²) in [5.41, 5.74) is 1.06. The molecule has 0 saturated carbocycles. The Morgan fingerprint density at radius 2 is 1.94 bits per heavy atom. The lowest BCUT2D eigenvalue weighted by molar-refractivity contribution is -0.137. The van der Waals surface area contributed by atoms with Crippen molar-refractivity contribution in [2.24, 2.45) is 0 Å². The zero-order chi connectivity index (χ0) is 24.7. The summed E-state index contributed by atoms with van der Waals surface area (Å²) in [6, 6.07) is 16.9. The Hall–Kier alpha value is -3.75. The van der Waals surface area contributed by atoms with Crippen LogP contribution in [0.5, 0.6) is 17.4 Å². The molecule has 0 radical (unpaired) electrons. The van der Waals surface area contributed by atoms with Gasteiger partial charge in [0, 0.05) is 24.4 Å². The van der Waals surface area contributed by atoms with Gasteiger partial charge in [0.25, 0.3) is 0 Å². The van der Waals surface area contributed by atoms with Gasteiger partial charge >= 0.3 is 12.3 Å². The maximum absolute atomic E-state index is 12.7. The van der Waals surface area contributed by atoms with Crippen molar-refractivity contribution in [1.29, 1.82) is 0 Å². The van der Waals surface area contributed by atoms with Gasteiger partial charge in [-0.05, 0) is 55.0 Å². The average Bonchev–Trinajstić information content (AvgIpc) is 2.86. The van der Waals surface area contributed by atoms with Crippen molar-refractivity contribution in [3.8, 4) is 17.4 Å². The van der Waals surface area contributed by atoms with Crippen molar-refractivity contribution in [2.75, 3.05) is 13.2 Å². The highest BCUT2D eigenvalue weighted by atomic mass is 19.4. The van der Waals surface area contributed by atoms with E-state index in [1.54, 1.807) is 12.1 Å². The first kappa shape index (κ1) is 24.4. The van der Waals surface area contributed by atoms with E-state index in [0.717, 1.165) is 48.4 Å². The summed E-state index contributed by atoms with van der Waals surface area (Å²) >= 11 is 0. The van der Waals surface area contributed by atoms with Crippen molar-refractivity contribution >= 4 is 6.09 Å². The molecule has 0 saturated heterocycles. The van der Waals surface area contributed by atoms with Gasteiger partial charge in [-0.15, -0.1) is 0 Å². The fourth-order valence-electron chi connectivity index (χ4n) is 3.85. The lowest BCUT2D eigenvalue weighted by Crippen LogP contribution is -2.25. The van der Waals surface area contributed by atoms with Crippen LogP contribution in [0.2, 0.25) is 0 Å². The van der Waals surface area contributed by atoms with Gasteiger partial charge in [-0.25, -0.2) is 9.78 Å². The SMILES string of the molecule is O=C(NCCCC1CCOc2ccc(Oc3ccc(C(F)(F)F)cn3)cc21)OCc1ccccc1. The third-order valence-electron chi connectivity index (χ3n) is 5.64. The minimum atomic E-state index is -4.45. The third-order valence-corrected chi connectivity index (χ3v) is 5.64. The first-order valence-corrected chi connectivity index (χ1v) is 11.3. The zero-order valence-electron chi connectivity index (χ0n) is 18.9. The molecule has 1 aliphatic heterocycles. The smallest absolute Gasteiger partial charge is 0.417 e. The molecular formula is C26H25F3N2O4. The Morgan fingerprint density at radius 3 is 2.69 bits per heavy atom. The van der Waals surface area contributed by atoms with Crippen LogP contribution in [0.3, 0.4) is 0 Å². The number of carbonyl (C=O) groups excluding carboxylic acids is 1. The van der Waals surface area contributed by atoms with Crippen molar-refractivity contribution in [3.05, 3.63) is 83.6 Å². The largest absolute Gasteiger partial charge is 0.493 e. The maximum atomic E-state index is 12.7. The molecule has 0 spiro atoms. The fraction of sp³-hybridized carbons (Fsp3) is 0.308. The molecular weight excluding hydrogens is 461 g/mol. The number of alkyl carbamates (subject to hydrolysis) is 1. The minimum Gasteiger partial charge on any atom is -0.493 e. The Labute approximate surface area is 201 Å². The van der Waals surface area contributed by atoms with Gasteiger partial charge in [-0.2, -0.15) is 13.2 Å². The summed E-state index contributed by atoms with van der Waals surface area (Å²) in [4.78, 5) is 15.7. The summed E-state index contributed by atoms with van der Waals surface area (Å²) in [6.07, 6.45) is -1.78. The predicted molar refractivity (Wildman–Crippen MR) is 122 cm³/mol. The van der Waals surface area contributed by atoms with Gasteiger partial charge in [0.05, 0.1) is 12.2 Å². The predicted octanol–water partition coefficient (Wildman–Crippen LogP) is 6.47. The molecule has 1 atom stereocenters. The second kappa shape index (κ2) is 11.1. The van der Waals surface area contributed by atoms with E-state index in [1.165, 1.54) is 6.07 Å². The number of fused-ring (bicyclic) bond motifs is 1. The summed E-state index contributed by atoms with van der Waals surface area (Å²) in [5.74, 6) is 1.49. The van der Waals surface area contributed by atoms with Crippen molar-refractivity contribution in [2.45, 2.75) is 38.0 Å². The summed E-state index contributed by atoms with van der Waals surface area (Å²) < 4.78 is 54.8. The summed E-state index contributed by atoms with van der Waals surface area (Å²) in [5, 5.41) is 2.77. The van der Waals surface area contributed by atoms with Gasteiger partial charge in [0.2, 0.25) is 5.88 Å². The molecule has 9 heteroatoms. The van der Waals surface area contributed by atoms with E-state index in [0.29, 0.717) is 18.9 Å². The third kappa shape index (κ3) is 6.88. The quantitative estimate of drug-likeness (QED) is 0.370. The highest BCUT2D eigenvalue weighted by Gasteiger charge is 2.30. The van der Waals surface area contributed by atoms with Crippen molar-refractivity contribution in [3.63, 3.8) is 0 Å². The summed E-state index contributed by atoms with van der Waals surface area (Å²) in [6.45, 7) is 1.29. The number of nitrogens with zero attached hydrogens (tertiary/aromatic N) is 1. The molecule has 0 bridgehead atoms. The lowest BCUT2D eigenvalue weighted by Gasteiger charge is -2.26. The van der Waals surface area contributed by atoms with E-state index in [1.807, 2.05) is 36.4 Å². The molecule has 6 nitrogen and oxygen atoms in total.